The van der Waals surface area contributed by atoms with E-state index in [1.165, 1.54) is 25.7 Å². The van der Waals surface area contributed by atoms with Crippen LogP contribution in [0.1, 0.15) is 87.2 Å². The fourth-order valence-corrected chi connectivity index (χ4v) is 3.33. The molecule has 2 rings (SSSR count). The molecule has 1 unspecified atom stereocenters. The van der Waals surface area contributed by atoms with Crippen molar-refractivity contribution in [2.45, 2.75) is 84.1 Å². The molecule has 30 heavy (non-hydrogen) atoms. The van der Waals surface area contributed by atoms with Gasteiger partial charge in [-0.3, -0.25) is 4.79 Å². The summed E-state index contributed by atoms with van der Waals surface area (Å²) in [6.45, 7) is 6.25. The second kappa shape index (κ2) is 11.0. The molecule has 2 nitrogen and oxygen atoms in total. The molecule has 1 aliphatic carbocycles. The topological polar surface area (TPSA) is 29.1 Å². The van der Waals surface area contributed by atoms with Crippen LogP contribution in [0, 0.1) is 11.7 Å². The van der Waals surface area contributed by atoms with Gasteiger partial charge in [-0.25, -0.2) is 4.39 Å². The minimum absolute atomic E-state index is 0.000737. The predicted molar refractivity (Wildman–Crippen MR) is 100 cm³/mol. The zero-order valence-electron chi connectivity index (χ0n) is 17.3. The number of carbonyl (C=O) groups is 1. The molecule has 0 saturated heterocycles. The molecule has 0 aromatic heterocycles. The maximum Gasteiger partial charge on any atom is 0.417 e. The van der Waals surface area contributed by atoms with E-state index in [2.05, 4.69) is 19.2 Å². The van der Waals surface area contributed by atoms with Crippen LogP contribution in [0.5, 0.6) is 0 Å². The van der Waals surface area contributed by atoms with Crippen molar-refractivity contribution in [3.05, 3.63) is 34.6 Å². The number of halogens is 7. The molecule has 0 spiro atoms. The minimum Gasteiger partial charge on any atom is -0.349 e. The lowest BCUT2D eigenvalue weighted by Gasteiger charge is -2.20. The molecule has 0 heterocycles. The van der Waals surface area contributed by atoms with Crippen molar-refractivity contribution >= 4 is 5.91 Å². The lowest BCUT2D eigenvalue weighted by Crippen LogP contribution is -2.38. The summed E-state index contributed by atoms with van der Waals surface area (Å²) in [6, 6.07) is -0.765. The second-order valence-corrected chi connectivity index (χ2v) is 7.57. The molecule has 0 bridgehead atoms. The quantitative estimate of drug-likeness (QED) is 0.374. The van der Waals surface area contributed by atoms with E-state index < -0.39 is 46.8 Å². The van der Waals surface area contributed by atoms with Crippen LogP contribution in [0.3, 0.4) is 0 Å². The first kappa shape index (κ1) is 26.2. The van der Waals surface area contributed by atoms with Gasteiger partial charge in [0.2, 0.25) is 0 Å². The van der Waals surface area contributed by atoms with Gasteiger partial charge in [0.05, 0.1) is 16.7 Å². The van der Waals surface area contributed by atoms with E-state index in [1.807, 2.05) is 0 Å². The Balaban J connectivity index is 0.000000656. The van der Waals surface area contributed by atoms with Gasteiger partial charge in [-0.05, 0) is 30.9 Å². The molecule has 9 heteroatoms. The molecule has 172 valence electrons. The van der Waals surface area contributed by atoms with Crippen LogP contribution >= 0.6 is 0 Å². The van der Waals surface area contributed by atoms with Crippen molar-refractivity contribution in [2.24, 2.45) is 5.92 Å². The summed E-state index contributed by atoms with van der Waals surface area (Å²) < 4.78 is 90.9. The van der Waals surface area contributed by atoms with Crippen molar-refractivity contribution in [2.75, 3.05) is 0 Å². The molecule has 1 aromatic carbocycles. The molecule has 2 atom stereocenters. The Labute approximate surface area is 172 Å². The molecule has 1 saturated carbocycles. The zero-order chi connectivity index (χ0) is 23.1. The average Bonchev–Trinajstić information content (AvgIpc) is 3.02. The number of amides is 1. The van der Waals surface area contributed by atoms with Gasteiger partial charge in [0.25, 0.3) is 5.91 Å². The molecular weight excluding hydrogens is 415 g/mol. The Hall–Kier alpha value is -1.80. The van der Waals surface area contributed by atoms with Crippen LogP contribution in [0.2, 0.25) is 0 Å². The lowest BCUT2D eigenvalue weighted by molar-refractivity contribution is -0.143. The van der Waals surface area contributed by atoms with Gasteiger partial charge in [-0.2, -0.15) is 26.3 Å². The molecule has 1 aliphatic rings. The van der Waals surface area contributed by atoms with Gasteiger partial charge < -0.3 is 5.32 Å². The van der Waals surface area contributed by atoms with Gasteiger partial charge in [-0.15, -0.1) is 0 Å². The minimum atomic E-state index is -5.30. The number of nitrogens with one attached hydrogen (secondary N) is 1. The van der Waals surface area contributed by atoms with Gasteiger partial charge in [0, 0.05) is 6.04 Å². The first-order valence-corrected chi connectivity index (χ1v) is 10.1. The lowest BCUT2D eigenvalue weighted by atomic mass is 10.00. The van der Waals surface area contributed by atoms with Crippen LogP contribution < -0.4 is 5.32 Å². The third kappa shape index (κ3) is 7.47. The number of rotatable bonds is 5. The molecule has 1 N–H and O–H groups in total. The summed E-state index contributed by atoms with van der Waals surface area (Å²) in [4.78, 5) is 12.1. The second-order valence-electron chi connectivity index (χ2n) is 7.57. The molecule has 0 radical (unpaired) electrons. The largest absolute Gasteiger partial charge is 0.417 e. The summed E-state index contributed by atoms with van der Waals surface area (Å²) in [5.74, 6) is -3.20. The summed E-state index contributed by atoms with van der Waals surface area (Å²) in [6.07, 6.45) is -2.88. The van der Waals surface area contributed by atoms with E-state index in [1.54, 1.807) is 6.92 Å². The smallest absolute Gasteiger partial charge is 0.349 e. The SMILES string of the molecule is CCCCCC.C[C@@H]1CCCC1NC(=O)c1c(F)cc(C(F)(F)F)cc1C(F)(F)F. The first-order valence-electron chi connectivity index (χ1n) is 10.1. The summed E-state index contributed by atoms with van der Waals surface area (Å²) >= 11 is 0. The van der Waals surface area contributed by atoms with Gasteiger partial charge in [-0.1, -0.05) is 52.9 Å². The number of alkyl halides is 6. The molecular formula is C21H28F7NO. The third-order valence-corrected chi connectivity index (χ3v) is 5.09. The highest BCUT2D eigenvalue weighted by atomic mass is 19.4. The highest BCUT2D eigenvalue weighted by molar-refractivity contribution is 5.96. The summed E-state index contributed by atoms with van der Waals surface area (Å²) in [5, 5.41) is 2.30. The Kier molecular flexibility index (Phi) is 9.62. The Bertz CT molecular complexity index is 694. The van der Waals surface area contributed by atoms with Crippen LogP contribution in [0.4, 0.5) is 30.7 Å². The highest BCUT2D eigenvalue weighted by Crippen LogP contribution is 2.38. The number of carbonyl (C=O) groups excluding carboxylic acids is 1. The van der Waals surface area contributed by atoms with Gasteiger partial charge in [0.1, 0.15) is 5.82 Å². The van der Waals surface area contributed by atoms with E-state index in [9.17, 15) is 35.5 Å². The average molecular weight is 443 g/mol. The first-order chi connectivity index (χ1) is 13.8. The van der Waals surface area contributed by atoms with Crippen molar-refractivity contribution in [3.8, 4) is 0 Å². The molecule has 1 amide bonds. The van der Waals surface area contributed by atoms with Crippen molar-refractivity contribution in [3.63, 3.8) is 0 Å². The van der Waals surface area contributed by atoms with Crippen LogP contribution in [0.15, 0.2) is 12.1 Å². The fourth-order valence-electron chi connectivity index (χ4n) is 3.33. The number of hydrogen-bond donors (Lipinski definition) is 1. The maximum atomic E-state index is 13.9. The van der Waals surface area contributed by atoms with Crippen molar-refractivity contribution in [1.29, 1.82) is 0 Å². The monoisotopic (exact) mass is 443 g/mol. The standard InChI is InChI=1S/C15H14F7NO.C6H14/c1-7-3-2-4-11(7)23-13(24)12-9(15(20,21)22)5-8(6-10(12)16)14(17,18)19;1-3-5-6-4-2/h5-7,11H,2-4H2,1H3,(H,23,24);3-6H2,1-2H3/t7-,11?;/m1./s1. The molecule has 1 fully saturated rings. The zero-order valence-corrected chi connectivity index (χ0v) is 17.3. The summed E-state index contributed by atoms with van der Waals surface area (Å²) in [5.41, 5.74) is -5.13. The van der Waals surface area contributed by atoms with E-state index in [0.29, 0.717) is 6.42 Å². The maximum absolute atomic E-state index is 13.9. The van der Waals surface area contributed by atoms with E-state index in [0.717, 1.165) is 12.8 Å². The molecule has 0 aliphatic heterocycles. The Morgan fingerprint density at radius 1 is 1.00 bits per heavy atom. The molecule has 1 aromatic rings. The van der Waals surface area contributed by atoms with E-state index in [-0.39, 0.29) is 18.1 Å². The fraction of sp³-hybridized carbons (Fsp3) is 0.667. The normalized spacial score (nSPS) is 19.3. The van der Waals surface area contributed by atoms with Crippen LogP contribution in [-0.4, -0.2) is 11.9 Å². The number of unbranched alkanes of at least 4 members (excludes halogenated alkanes) is 3. The van der Waals surface area contributed by atoms with Crippen LogP contribution in [-0.2, 0) is 12.4 Å². The van der Waals surface area contributed by atoms with Crippen molar-refractivity contribution in [1.82, 2.24) is 5.32 Å². The van der Waals surface area contributed by atoms with Crippen molar-refractivity contribution < 1.29 is 35.5 Å². The van der Waals surface area contributed by atoms with Gasteiger partial charge >= 0.3 is 12.4 Å². The number of hydrogen-bond acceptors (Lipinski definition) is 1. The third-order valence-electron chi connectivity index (χ3n) is 5.09. The predicted octanol–water partition coefficient (Wildman–Crippen LogP) is 7.37. The highest BCUT2D eigenvalue weighted by Gasteiger charge is 2.42. The Morgan fingerprint density at radius 2 is 1.57 bits per heavy atom. The van der Waals surface area contributed by atoms with Gasteiger partial charge in [0.15, 0.2) is 0 Å². The van der Waals surface area contributed by atoms with Crippen LogP contribution in [0.25, 0.3) is 0 Å². The number of benzene rings is 1. The van der Waals surface area contributed by atoms with E-state index >= 15 is 0 Å². The van der Waals surface area contributed by atoms with E-state index in [4.69, 9.17) is 0 Å². The summed E-state index contributed by atoms with van der Waals surface area (Å²) in [7, 11) is 0. The Morgan fingerprint density at radius 3 is 1.97 bits per heavy atom.